The van der Waals surface area contributed by atoms with Crippen molar-refractivity contribution < 1.29 is 0 Å². The maximum Gasteiger partial charge on any atom is -0.00585 e. The van der Waals surface area contributed by atoms with Crippen LogP contribution in [0.5, 0.6) is 0 Å². The standard InChI is InChI=1S/C26H28/c1-25(2,3)21-15-16-22(26(4,5)6)24-20-14-10-8-12-18(20)17-11-7-9-13-19(17)23(21)24/h7-16H,1-6H3. The molecule has 0 saturated heterocycles. The van der Waals surface area contributed by atoms with Crippen LogP contribution in [0.25, 0.3) is 32.3 Å². The second-order valence-corrected chi connectivity index (χ2v) is 9.50. The summed E-state index contributed by atoms with van der Waals surface area (Å²) in [5.74, 6) is 0. The molecule has 26 heavy (non-hydrogen) atoms. The van der Waals surface area contributed by atoms with Crippen molar-refractivity contribution in [2.45, 2.75) is 52.4 Å². The Balaban J connectivity index is 2.42. The van der Waals surface area contributed by atoms with Crippen LogP contribution in [0.4, 0.5) is 0 Å². The number of benzene rings is 4. The summed E-state index contributed by atoms with van der Waals surface area (Å²) in [5.41, 5.74) is 3.06. The second kappa shape index (κ2) is 5.58. The molecule has 0 radical (unpaired) electrons. The van der Waals surface area contributed by atoms with Crippen LogP contribution < -0.4 is 0 Å². The van der Waals surface area contributed by atoms with E-state index in [1.54, 1.807) is 0 Å². The van der Waals surface area contributed by atoms with Crippen molar-refractivity contribution in [2.24, 2.45) is 0 Å². The van der Waals surface area contributed by atoms with E-state index in [9.17, 15) is 0 Å². The predicted molar refractivity (Wildman–Crippen MR) is 116 cm³/mol. The summed E-state index contributed by atoms with van der Waals surface area (Å²) in [6.45, 7) is 13.9. The molecule has 4 aromatic carbocycles. The van der Waals surface area contributed by atoms with E-state index < -0.39 is 0 Å². The maximum atomic E-state index is 2.37. The Morgan fingerprint density at radius 1 is 0.423 bits per heavy atom. The Bertz CT molecular complexity index is 1040. The van der Waals surface area contributed by atoms with E-state index in [0.717, 1.165) is 0 Å². The van der Waals surface area contributed by atoms with Gasteiger partial charge >= 0.3 is 0 Å². The normalized spacial score (nSPS) is 13.0. The lowest BCUT2D eigenvalue weighted by Crippen LogP contribution is -2.16. The molecule has 4 rings (SSSR count). The lowest BCUT2D eigenvalue weighted by Gasteiger charge is -2.29. The van der Waals surface area contributed by atoms with Crippen LogP contribution in [0.2, 0.25) is 0 Å². The van der Waals surface area contributed by atoms with Gasteiger partial charge in [-0.25, -0.2) is 0 Å². The molecular formula is C26H28. The van der Waals surface area contributed by atoms with Crippen LogP contribution in [0.1, 0.15) is 52.7 Å². The summed E-state index contributed by atoms with van der Waals surface area (Å²) < 4.78 is 0. The van der Waals surface area contributed by atoms with Gasteiger partial charge < -0.3 is 0 Å². The summed E-state index contributed by atoms with van der Waals surface area (Å²) in [6.07, 6.45) is 0. The molecule has 0 atom stereocenters. The van der Waals surface area contributed by atoms with Gasteiger partial charge in [0.1, 0.15) is 0 Å². The third-order valence-electron chi connectivity index (χ3n) is 5.50. The van der Waals surface area contributed by atoms with Crippen LogP contribution in [0.15, 0.2) is 60.7 Å². The van der Waals surface area contributed by atoms with E-state index in [1.165, 1.54) is 43.4 Å². The zero-order chi connectivity index (χ0) is 18.7. The molecule has 0 saturated carbocycles. The van der Waals surface area contributed by atoms with E-state index in [4.69, 9.17) is 0 Å². The molecule has 0 spiro atoms. The molecule has 4 aromatic rings. The minimum Gasteiger partial charge on any atom is -0.0616 e. The molecule has 0 aromatic heterocycles. The summed E-state index contributed by atoms with van der Waals surface area (Å²) in [5, 5.41) is 8.31. The number of rotatable bonds is 0. The highest BCUT2D eigenvalue weighted by Crippen LogP contribution is 2.44. The van der Waals surface area contributed by atoms with E-state index in [1.807, 2.05) is 0 Å². The molecule has 0 aliphatic carbocycles. The summed E-state index contributed by atoms with van der Waals surface area (Å²) >= 11 is 0. The fraction of sp³-hybridized carbons (Fsp3) is 0.308. The monoisotopic (exact) mass is 340 g/mol. The van der Waals surface area contributed by atoms with Crippen molar-refractivity contribution in [3.63, 3.8) is 0 Å². The SMILES string of the molecule is CC(C)(C)c1ccc(C(C)(C)C)c2c3ccccc3c3ccccc3c12. The minimum absolute atomic E-state index is 0.0971. The van der Waals surface area contributed by atoms with Crippen LogP contribution in [0.3, 0.4) is 0 Å². The largest absolute Gasteiger partial charge is 0.0616 e. The lowest BCUT2D eigenvalue weighted by molar-refractivity contribution is 0.586. The molecule has 0 bridgehead atoms. The summed E-state index contributed by atoms with van der Waals surface area (Å²) in [6, 6.07) is 22.5. The van der Waals surface area contributed by atoms with Crippen LogP contribution in [-0.4, -0.2) is 0 Å². The molecular weight excluding hydrogens is 312 g/mol. The van der Waals surface area contributed by atoms with Gasteiger partial charge in [-0.3, -0.25) is 0 Å². The van der Waals surface area contributed by atoms with E-state index >= 15 is 0 Å². The highest BCUT2D eigenvalue weighted by molar-refractivity contribution is 6.27. The fourth-order valence-electron chi connectivity index (χ4n) is 4.28. The zero-order valence-electron chi connectivity index (χ0n) is 16.8. The van der Waals surface area contributed by atoms with E-state index in [0.29, 0.717) is 0 Å². The first-order chi connectivity index (χ1) is 12.2. The van der Waals surface area contributed by atoms with Crippen molar-refractivity contribution in [2.75, 3.05) is 0 Å². The van der Waals surface area contributed by atoms with Crippen molar-refractivity contribution in [1.29, 1.82) is 0 Å². The first kappa shape index (κ1) is 17.1. The molecule has 0 fully saturated rings. The van der Waals surface area contributed by atoms with Gasteiger partial charge in [0.15, 0.2) is 0 Å². The Morgan fingerprint density at radius 2 is 0.731 bits per heavy atom. The third-order valence-corrected chi connectivity index (χ3v) is 5.50. The maximum absolute atomic E-state index is 2.37. The van der Waals surface area contributed by atoms with Gasteiger partial charge in [0.05, 0.1) is 0 Å². The number of hydrogen-bond acceptors (Lipinski definition) is 0. The predicted octanol–water partition coefficient (Wildman–Crippen LogP) is 7.74. The molecule has 0 aliphatic rings. The van der Waals surface area contributed by atoms with Crippen molar-refractivity contribution in [1.82, 2.24) is 0 Å². The molecule has 0 amide bonds. The highest BCUT2D eigenvalue weighted by atomic mass is 14.3. The van der Waals surface area contributed by atoms with Gasteiger partial charge in [-0.2, -0.15) is 0 Å². The summed E-state index contributed by atoms with van der Waals surface area (Å²) in [7, 11) is 0. The smallest absolute Gasteiger partial charge is 0.00585 e. The zero-order valence-corrected chi connectivity index (χ0v) is 16.8. The minimum atomic E-state index is 0.0971. The van der Waals surface area contributed by atoms with Gasteiger partial charge in [0, 0.05) is 0 Å². The molecule has 0 heteroatoms. The van der Waals surface area contributed by atoms with Gasteiger partial charge in [0.25, 0.3) is 0 Å². The molecule has 0 N–H and O–H groups in total. The Labute approximate surface area is 156 Å². The van der Waals surface area contributed by atoms with E-state index in [2.05, 4.69) is 102 Å². The Hall–Kier alpha value is -2.34. The number of hydrogen-bond donors (Lipinski definition) is 0. The Kier molecular flexibility index (Phi) is 3.67. The first-order valence-corrected chi connectivity index (χ1v) is 9.57. The van der Waals surface area contributed by atoms with Crippen molar-refractivity contribution in [3.8, 4) is 0 Å². The van der Waals surface area contributed by atoms with Gasteiger partial charge in [0.2, 0.25) is 0 Å². The van der Waals surface area contributed by atoms with Crippen LogP contribution >= 0.6 is 0 Å². The molecule has 0 heterocycles. The van der Waals surface area contributed by atoms with Crippen LogP contribution in [-0.2, 0) is 10.8 Å². The summed E-state index contributed by atoms with van der Waals surface area (Å²) in [4.78, 5) is 0. The topological polar surface area (TPSA) is 0 Å². The molecule has 0 aliphatic heterocycles. The average molecular weight is 341 g/mol. The molecule has 0 unspecified atom stereocenters. The fourth-order valence-corrected chi connectivity index (χ4v) is 4.28. The van der Waals surface area contributed by atoms with E-state index in [-0.39, 0.29) is 10.8 Å². The Morgan fingerprint density at radius 3 is 1.04 bits per heavy atom. The van der Waals surface area contributed by atoms with Gasteiger partial charge in [-0.05, 0) is 54.3 Å². The molecule has 0 nitrogen and oxygen atoms in total. The number of fused-ring (bicyclic) bond motifs is 6. The van der Waals surface area contributed by atoms with Crippen molar-refractivity contribution >= 4 is 32.3 Å². The van der Waals surface area contributed by atoms with Gasteiger partial charge in [-0.1, -0.05) is 102 Å². The van der Waals surface area contributed by atoms with Crippen molar-refractivity contribution in [3.05, 3.63) is 71.8 Å². The van der Waals surface area contributed by atoms with Crippen LogP contribution in [0, 0.1) is 0 Å². The first-order valence-electron chi connectivity index (χ1n) is 9.57. The highest BCUT2D eigenvalue weighted by Gasteiger charge is 2.25. The van der Waals surface area contributed by atoms with Gasteiger partial charge in [-0.15, -0.1) is 0 Å². The third kappa shape index (κ3) is 2.51. The molecule has 132 valence electrons. The lowest BCUT2D eigenvalue weighted by atomic mass is 9.75. The average Bonchev–Trinajstić information content (AvgIpc) is 2.59. The quantitative estimate of drug-likeness (QED) is 0.287. The second-order valence-electron chi connectivity index (χ2n) is 9.50.